The minimum Gasteiger partial charge on any atom is -0.358 e. The molecule has 3 aromatic rings. The maximum atomic E-state index is 11.5. The Kier molecular flexibility index (Phi) is 4.32. The van der Waals surface area contributed by atoms with E-state index in [-0.39, 0.29) is 10.7 Å². The van der Waals surface area contributed by atoms with Crippen LogP contribution in [0.15, 0.2) is 35.8 Å². The van der Waals surface area contributed by atoms with Crippen molar-refractivity contribution in [3.05, 3.63) is 56.5 Å². The van der Waals surface area contributed by atoms with Crippen molar-refractivity contribution >= 4 is 39.5 Å². The van der Waals surface area contributed by atoms with Gasteiger partial charge in [0.1, 0.15) is 6.20 Å². The average Bonchev–Trinajstić information content (AvgIpc) is 3.16. The van der Waals surface area contributed by atoms with E-state index < -0.39 is 0 Å². The first-order valence-electron chi connectivity index (χ1n) is 7.93. The van der Waals surface area contributed by atoms with Gasteiger partial charge in [-0.1, -0.05) is 35.1 Å². The van der Waals surface area contributed by atoms with E-state index in [4.69, 9.17) is 11.6 Å². The summed E-state index contributed by atoms with van der Waals surface area (Å²) >= 11 is 7.45. The summed E-state index contributed by atoms with van der Waals surface area (Å²) < 4.78 is 1.55. The van der Waals surface area contributed by atoms with Gasteiger partial charge in [0.25, 0.3) is 4.96 Å². The Labute approximate surface area is 153 Å². The van der Waals surface area contributed by atoms with Crippen LogP contribution in [0.3, 0.4) is 0 Å². The van der Waals surface area contributed by atoms with E-state index in [1.165, 1.54) is 16.9 Å². The summed E-state index contributed by atoms with van der Waals surface area (Å²) in [6, 6.07) is 7.86. The van der Waals surface area contributed by atoms with Gasteiger partial charge in [0.2, 0.25) is 5.82 Å². The highest BCUT2D eigenvalue weighted by Crippen LogP contribution is 2.31. The summed E-state index contributed by atoms with van der Waals surface area (Å²) in [4.78, 5) is 20.6. The first-order chi connectivity index (χ1) is 12.1. The molecule has 4 rings (SSSR count). The third-order valence-electron chi connectivity index (χ3n) is 4.36. The van der Waals surface area contributed by atoms with E-state index in [9.17, 15) is 10.1 Å². The Morgan fingerprint density at radius 1 is 1.28 bits per heavy atom. The van der Waals surface area contributed by atoms with Crippen molar-refractivity contribution in [1.82, 2.24) is 14.3 Å². The summed E-state index contributed by atoms with van der Waals surface area (Å²) in [6.07, 6.45) is 1.70. The molecule has 1 aliphatic rings. The third-order valence-corrected chi connectivity index (χ3v) is 5.35. The van der Waals surface area contributed by atoms with Crippen LogP contribution < -0.4 is 4.90 Å². The third kappa shape index (κ3) is 3.20. The molecule has 1 aliphatic heterocycles. The summed E-state index contributed by atoms with van der Waals surface area (Å²) in [7, 11) is 0. The van der Waals surface area contributed by atoms with Crippen LogP contribution in [0.2, 0.25) is 5.02 Å². The number of thiazole rings is 1. The van der Waals surface area contributed by atoms with Crippen LogP contribution >= 0.6 is 22.9 Å². The van der Waals surface area contributed by atoms with Crippen LogP contribution in [0.1, 0.15) is 5.56 Å². The lowest BCUT2D eigenvalue weighted by molar-refractivity contribution is -0.389. The van der Waals surface area contributed by atoms with Crippen LogP contribution in [0, 0.1) is 10.1 Å². The predicted molar refractivity (Wildman–Crippen MR) is 98.7 cm³/mol. The number of rotatable bonds is 4. The Balaban J connectivity index is 1.48. The average molecular weight is 378 g/mol. The Bertz CT molecular complexity index is 916. The fraction of sp³-hybridized carbons (Fsp3) is 0.312. The molecule has 0 aliphatic carbocycles. The summed E-state index contributed by atoms with van der Waals surface area (Å²) in [5.41, 5.74) is 1.18. The number of nitrogens with zero attached hydrogens (tertiary/aromatic N) is 5. The van der Waals surface area contributed by atoms with Crippen molar-refractivity contribution in [2.45, 2.75) is 6.54 Å². The van der Waals surface area contributed by atoms with E-state index in [1.807, 2.05) is 28.5 Å². The van der Waals surface area contributed by atoms with Crippen molar-refractivity contribution in [2.75, 3.05) is 31.1 Å². The monoisotopic (exact) mass is 377 g/mol. The highest BCUT2D eigenvalue weighted by Gasteiger charge is 2.30. The summed E-state index contributed by atoms with van der Waals surface area (Å²) in [5.74, 6) is 0.527. The number of nitro groups is 1. The zero-order valence-corrected chi connectivity index (χ0v) is 14.9. The topological polar surface area (TPSA) is 66.9 Å². The van der Waals surface area contributed by atoms with E-state index >= 15 is 0 Å². The SMILES string of the molecule is O=[N+]([O-])c1c(N2CCN(Cc3cccc(Cl)c3)CC2)nc2sccn12. The number of imidazole rings is 1. The highest BCUT2D eigenvalue weighted by molar-refractivity contribution is 7.15. The fourth-order valence-electron chi connectivity index (χ4n) is 3.16. The minimum atomic E-state index is -0.347. The molecule has 0 amide bonds. The Morgan fingerprint density at radius 3 is 2.80 bits per heavy atom. The van der Waals surface area contributed by atoms with Gasteiger partial charge in [-0.05, 0) is 22.6 Å². The Hall–Kier alpha value is -2.16. The van der Waals surface area contributed by atoms with Crippen molar-refractivity contribution in [3.8, 4) is 0 Å². The van der Waals surface area contributed by atoms with Gasteiger partial charge in [0.15, 0.2) is 0 Å². The number of benzene rings is 1. The molecule has 130 valence electrons. The molecule has 1 aromatic carbocycles. The van der Waals surface area contributed by atoms with Gasteiger partial charge in [0, 0.05) is 43.1 Å². The smallest absolute Gasteiger partial charge is 0.358 e. The Morgan fingerprint density at radius 2 is 2.08 bits per heavy atom. The molecule has 2 aromatic heterocycles. The molecule has 0 radical (unpaired) electrons. The summed E-state index contributed by atoms with van der Waals surface area (Å²) in [6.45, 7) is 3.91. The first kappa shape index (κ1) is 16.3. The molecule has 0 N–H and O–H groups in total. The highest BCUT2D eigenvalue weighted by atomic mass is 35.5. The zero-order valence-electron chi connectivity index (χ0n) is 13.3. The van der Waals surface area contributed by atoms with Gasteiger partial charge < -0.3 is 15.0 Å². The molecule has 0 spiro atoms. The van der Waals surface area contributed by atoms with Crippen LogP contribution in [0.5, 0.6) is 0 Å². The molecular weight excluding hydrogens is 362 g/mol. The number of hydrogen-bond acceptors (Lipinski definition) is 6. The van der Waals surface area contributed by atoms with Gasteiger partial charge in [0.05, 0.1) is 0 Å². The second-order valence-corrected chi connectivity index (χ2v) is 7.27. The van der Waals surface area contributed by atoms with Crippen LogP contribution in [-0.4, -0.2) is 45.4 Å². The lowest BCUT2D eigenvalue weighted by Crippen LogP contribution is -2.46. The fourth-order valence-corrected chi connectivity index (χ4v) is 4.07. The van der Waals surface area contributed by atoms with Gasteiger partial charge >= 0.3 is 5.82 Å². The molecule has 0 bridgehead atoms. The quantitative estimate of drug-likeness (QED) is 0.515. The van der Waals surface area contributed by atoms with E-state index in [0.717, 1.165) is 24.7 Å². The lowest BCUT2D eigenvalue weighted by atomic mass is 10.2. The summed E-state index contributed by atoms with van der Waals surface area (Å²) in [5, 5.41) is 14.0. The van der Waals surface area contributed by atoms with E-state index in [2.05, 4.69) is 16.0 Å². The van der Waals surface area contributed by atoms with Crippen LogP contribution in [0.4, 0.5) is 11.6 Å². The van der Waals surface area contributed by atoms with Crippen LogP contribution in [-0.2, 0) is 6.54 Å². The van der Waals surface area contributed by atoms with Gasteiger partial charge in [-0.3, -0.25) is 4.90 Å². The molecule has 25 heavy (non-hydrogen) atoms. The predicted octanol–water partition coefficient (Wildman–Crippen LogP) is 3.28. The maximum Gasteiger partial charge on any atom is 0.373 e. The second-order valence-electron chi connectivity index (χ2n) is 5.96. The molecule has 0 unspecified atom stereocenters. The van der Waals surface area contributed by atoms with Crippen molar-refractivity contribution in [1.29, 1.82) is 0 Å². The molecule has 9 heteroatoms. The minimum absolute atomic E-state index is 0.0551. The standard InChI is InChI=1S/C16H16ClN5O2S/c17-13-3-1-2-12(10-13)11-19-4-6-20(7-5-19)14-15(22(23)24)21-8-9-25-16(21)18-14/h1-3,8-10H,4-7,11H2. The van der Waals surface area contributed by atoms with Gasteiger partial charge in [-0.25, -0.2) is 0 Å². The number of halogens is 1. The van der Waals surface area contributed by atoms with Crippen molar-refractivity contribution in [3.63, 3.8) is 0 Å². The molecule has 0 saturated carbocycles. The number of piperazine rings is 1. The second kappa shape index (κ2) is 6.62. The molecule has 7 nitrogen and oxygen atoms in total. The molecule has 1 fully saturated rings. The molecular formula is C16H16ClN5O2S. The van der Waals surface area contributed by atoms with Crippen LogP contribution in [0.25, 0.3) is 4.96 Å². The first-order valence-corrected chi connectivity index (χ1v) is 9.19. The number of aromatic nitrogens is 2. The van der Waals surface area contributed by atoms with E-state index in [0.29, 0.717) is 23.9 Å². The molecule has 0 atom stereocenters. The van der Waals surface area contributed by atoms with Gasteiger partial charge in [-0.15, -0.1) is 0 Å². The van der Waals surface area contributed by atoms with Gasteiger partial charge in [-0.2, -0.15) is 9.38 Å². The number of hydrogen-bond donors (Lipinski definition) is 0. The van der Waals surface area contributed by atoms with Crippen molar-refractivity contribution in [2.24, 2.45) is 0 Å². The maximum absolute atomic E-state index is 11.5. The largest absolute Gasteiger partial charge is 0.373 e. The van der Waals surface area contributed by atoms with Crippen molar-refractivity contribution < 1.29 is 4.92 Å². The lowest BCUT2D eigenvalue weighted by Gasteiger charge is -2.34. The molecule has 3 heterocycles. The molecule has 1 saturated heterocycles. The number of anilines is 1. The zero-order chi connectivity index (χ0) is 17.4. The number of fused-ring (bicyclic) bond motifs is 1. The normalized spacial score (nSPS) is 15.8. The van der Waals surface area contributed by atoms with E-state index in [1.54, 1.807) is 10.6 Å².